The minimum absolute atomic E-state index is 0.0921. The van der Waals surface area contributed by atoms with Crippen molar-refractivity contribution in [3.63, 3.8) is 0 Å². The molecule has 2 aromatic carbocycles. The minimum Gasteiger partial charge on any atom is -0.502 e. The Morgan fingerprint density at radius 3 is 2.29 bits per heavy atom. The predicted molar refractivity (Wildman–Crippen MR) is 150 cm³/mol. The standard InChI is InChI=1S/C30H39N3O8/c1-5-33(6-2)10-9-31-8-7-25(34)32-28-19-14-22-21(40-16-41-22)13-18(19)26(27-20(28)15-39-30(27)36)17-11-23(37-3)29(35)24(12-17)38-4/h11-14,20,26-28,31,35H,5-10,15-16H2,1-4H3,(H,32,34)/t20-,26?,27-,28+/m0/s1. The molecule has 0 spiro atoms. The molecule has 4 atom stereocenters. The van der Waals surface area contributed by atoms with Crippen LogP contribution in [0.4, 0.5) is 0 Å². The summed E-state index contributed by atoms with van der Waals surface area (Å²) >= 11 is 0. The summed E-state index contributed by atoms with van der Waals surface area (Å²) in [6.45, 7) is 8.80. The van der Waals surface area contributed by atoms with Gasteiger partial charge in [-0.05, 0) is 54.0 Å². The van der Waals surface area contributed by atoms with Crippen molar-refractivity contribution in [2.45, 2.75) is 32.2 Å². The second-order valence-corrected chi connectivity index (χ2v) is 10.5. The van der Waals surface area contributed by atoms with Crippen LogP contribution in [0.15, 0.2) is 24.3 Å². The highest BCUT2D eigenvalue weighted by molar-refractivity contribution is 5.81. The van der Waals surface area contributed by atoms with Crippen LogP contribution >= 0.6 is 0 Å². The molecule has 41 heavy (non-hydrogen) atoms. The Bertz CT molecular complexity index is 1260. The third-order valence-corrected chi connectivity index (χ3v) is 8.39. The average Bonchev–Trinajstić information content (AvgIpc) is 3.60. The van der Waals surface area contributed by atoms with E-state index in [-0.39, 0.29) is 48.4 Å². The maximum absolute atomic E-state index is 13.3. The van der Waals surface area contributed by atoms with Crippen molar-refractivity contribution in [3.05, 3.63) is 41.0 Å². The van der Waals surface area contributed by atoms with Gasteiger partial charge >= 0.3 is 5.97 Å². The molecule has 3 N–H and O–H groups in total. The monoisotopic (exact) mass is 569 g/mol. The van der Waals surface area contributed by atoms with Gasteiger partial charge in [0.05, 0.1) is 32.8 Å². The van der Waals surface area contributed by atoms with Crippen LogP contribution in [-0.2, 0) is 14.3 Å². The van der Waals surface area contributed by atoms with Gasteiger partial charge < -0.3 is 44.3 Å². The number of benzene rings is 2. The highest BCUT2D eigenvalue weighted by atomic mass is 16.7. The average molecular weight is 570 g/mol. The molecular weight excluding hydrogens is 530 g/mol. The number of carbonyl (C=O) groups excluding carboxylic acids is 2. The molecule has 0 radical (unpaired) electrons. The lowest BCUT2D eigenvalue weighted by Crippen LogP contribution is -2.43. The van der Waals surface area contributed by atoms with E-state index in [2.05, 4.69) is 29.4 Å². The maximum atomic E-state index is 13.3. The van der Waals surface area contributed by atoms with Gasteiger partial charge in [-0.1, -0.05) is 13.8 Å². The molecular formula is C30H39N3O8. The van der Waals surface area contributed by atoms with E-state index in [1.54, 1.807) is 12.1 Å². The summed E-state index contributed by atoms with van der Waals surface area (Å²) in [7, 11) is 2.92. The fraction of sp³-hybridized carbons (Fsp3) is 0.533. The number of hydrogen-bond acceptors (Lipinski definition) is 10. The minimum atomic E-state index is -0.584. The number of phenolic OH excluding ortho intramolecular Hbond substituents is 1. The van der Waals surface area contributed by atoms with Gasteiger partial charge in [0.15, 0.2) is 23.0 Å². The van der Waals surface area contributed by atoms with E-state index in [9.17, 15) is 14.7 Å². The van der Waals surface area contributed by atoms with Gasteiger partial charge in [0, 0.05) is 37.9 Å². The van der Waals surface area contributed by atoms with Crippen molar-refractivity contribution in [3.8, 4) is 28.7 Å². The van der Waals surface area contributed by atoms with Crippen molar-refractivity contribution in [1.29, 1.82) is 0 Å². The number of amides is 1. The maximum Gasteiger partial charge on any atom is 0.310 e. The fourth-order valence-corrected chi connectivity index (χ4v) is 6.19. The van der Waals surface area contributed by atoms with Gasteiger partial charge in [0.1, 0.15) is 0 Å². The summed E-state index contributed by atoms with van der Waals surface area (Å²) in [5.74, 6) is -0.320. The first-order chi connectivity index (χ1) is 19.9. The van der Waals surface area contributed by atoms with Crippen LogP contribution in [0.1, 0.15) is 48.9 Å². The first-order valence-electron chi connectivity index (χ1n) is 14.2. The topological polar surface area (TPSA) is 128 Å². The SMILES string of the molecule is CCN(CC)CCNCCC(=O)N[C@@H]1c2cc3c(cc2C(c2cc(OC)c(O)c(OC)c2)[C@H]2C(=O)OC[C@H]12)OCO3. The van der Waals surface area contributed by atoms with Crippen LogP contribution < -0.4 is 29.6 Å². The predicted octanol–water partition coefficient (Wildman–Crippen LogP) is 2.55. The van der Waals surface area contributed by atoms with Crippen LogP contribution in [0.25, 0.3) is 0 Å². The largest absolute Gasteiger partial charge is 0.502 e. The van der Waals surface area contributed by atoms with Crippen LogP contribution in [0.5, 0.6) is 28.7 Å². The number of phenols is 1. The summed E-state index contributed by atoms with van der Waals surface area (Å²) in [6.07, 6.45) is 0.302. The molecule has 11 heteroatoms. The fourth-order valence-electron chi connectivity index (χ4n) is 6.19. The zero-order valence-electron chi connectivity index (χ0n) is 24.0. The Morgan fingerprint density at radius 1 is 1.00 bits per heavy atom. The van der Waals surface area contributed by atoms with Crippen molar-refractivity contribution < 1.29 is 38.4 Å². The molecule has 3 aliphatic rings. The summed E-state index contributed by atoms with van der Waals surface area (Å²) in [4.78, 5) is 28.8. The molecule has 0 aromatic heterocycles. The number of carbonyl (C=O) groups is 2. The van der Waals surface area contributed by atoms with Crippen LogP contribution in [0.3, 0.4) is 0 Å². The smallest absolute Gasteiger partial charge is 0.310 e. The molecule has 2 aliphatic heterocycles. The van der Waals surface area contributed by atoms with Crippen molar-refractivity contribution >= 4 is 11.9 Å². The Kier molecular flexibility index (Phi) is 8.74. The van der Waals surface area contributed by atoms with E-state index in [0.717, 1.165) is 37.3 Å². The number of esters is 1. The van der Waals surface area contributed by atoms with Crippen molar-refractivity contribution in [1.82, 2.24) is 15.5 Å². The molecule has 2 heterocycles. The third-order valence-electron chi connectivity index (χ3n) is 8.39. The van der Waals surface area contributed by atoms with Gasteiger partial charge in [0.2, 0.25) is 18.4 Å². The number of nitrogens with one attached hydrogen (secondary N) is 2. The van der Waals surface area contributed by atoms with Gasteiger partial charge in [-0.15, -0.1) is 0 Å². The van der Waals surface area contributed by atoms with E-state index >= 15 is 0 Å². The second-order valence-electron chi connectivity index (χ2n) is 10.5. The number of cyclic esters (lactones) is 1. The Balaban J connectivity index is 1.45. The molecule has 1 amide bonds. The zero-order chi connectivity index (χ0) is 29.1. The van der Waals surface area contributed by atoms with Gasteiger partial charge in [-0.25, -0.2) is 0 Å². The van der Waals surface area contributed by atoms with E-state index in [1.165, 1.54) is 14.2 Å². The molecule has 2 aromatic rings. The Labute approximate surface area is 240 Å². The van der Waals surface area contributed by atoms with E-state index in [1.807, 2.05) is 12.1 Å². The number of nitrogens with zero attached hydrogens (tertiary/aromatic N) is 1. The molecule has 0 saturated carbocycles. The quantitative estimate of drug-likeness (QED) is 0.259. The zero-order valence-corrected chi connectivity index (χ0v) is 24.0. The van der Waals surface area contributed by atoms with Gasteiger partial charge in [-0.2, -0.15) is 0 Å². The highest BCUT2D eigenvalue weighted by Crippen LogP contribution is 2.55. The Hall–Kier alpha value is -3.70. The molecule has 1 unspecified atom stereocenters. The lowest BCUT2D eigenvalue weighted by molar-refractivity contribution is -0.141. The molecule has 11 nitrogen and oxygen atoms in total. The van der Waals surface area contributed by atoms with E-state index < -0.39 is 17.9 Å². The lowest BCUT2D eigenvalue weighted by Gasteiger charge is -2.39. The summed E-state index contributed by atoms with van der Waals surface area (Å²) < 4.78 is 27.8. The van der Waals surface area contributed by atoms with Crippen LogP contribution in [-0.4, -0.2) is 82.2 Å². The highest BCUT2D eigenvalue weighted by Gasteiger charge is 2.53. The molecule has 1 saturated heterocycles. The molecule has 1 fully saturated rings. The third kappa shape index (κ3) is 5.60. The van der Waals surface area contributed by atoms with E-state index in [4.69, 9.17) is 23.7 Å². The summed E-state index contributed by atoms with van der Waals surface area (Å²) in [5, 5.41) is 17.1. The number of ether oxygens (including phenoxy) is 5. The lowest BCUT2D eigenvalue weighted by atomic mass is 9.65. The number of aromatic hydroxyl groups is 1. The van der Waals surface area contributed by atoms with E-state index in [0.29, 0.717) is 30.0 Å². The number of hydrogen-bond donors (Lipinski definition) is 3. The molecule has 222 valence electrons. The second kappa shape index (κ2) is 12.4. The Morgan fingerprint density at radius 2 is 1.66 bits per heavy atom. The number of rotatable bonds is 12. The van der Waals surface area contributed by atoms with Crippen molar-refractivity contribution in [2.75, 3.05) is 60.3 Å². The number of methoxy groups -OCH3 is 2. The number of likely N-dealkylation sites (N-methyl/N-ethyl adjacent to an activating group) is 1. The summed E-state index contributed by atoms with van der Waals surface area (Å²) in [5.41, 5.74) is 2.37. The van der Waals surface area contributed by atoms with Gasteiger partial charge in [-0.3, -0.25) is 9.59 Å². The molecule has 0 bridgehead atoms. The number of fused-ring (bicyclic) bond motifs is 3. The van der Waals surface area contributed by atoms with Crippen molar-refractivity contribution in [2.24, 2.45) is 11.8 Å². The van der Waals surface area contributed by atoms with Crippen LogP contribution in [0, 0.1) is 11.8 Å². The van der Waals surface area contributed by atoms with Crippen LogP contribution in [0.2, 0.25) is 0 Å². The van der Waals surface area contributed by atoms with Gasteiger partial charge in [0.25, 0.3) is 0 Å². The first-order valence-corrected chi connectivity index (χ1v) is 14.2. The molecule has 5 rings (SSSR count). The molecule has 1 aliphatic carbocycles. The summed E-state index contributed by atoms with van der Waals surface area (Å²) in [6, 6.07) is 6.73. The normalized spacial score (nSPS) is 22.2. The first kappa shape index (κ1) is 28.8.